The number of para-hydroxylation sites is 2. The Balaban J connectivity index is 0.801. The number of carbonyl (C=O) groups is 1. The number of nitrogens with one attached hydrogen (secondary N) is 3. The average molecular weight is 995 g/mol. The number of benzene rings is 4. The van der Waals surface area contributed by atoms with Gasteiger partial charge in [0.05, 0.1) is 40.3 Å². The van der Waals surface area contributed by atoms with Gasteiger partial charge in [0.15, 0.2) is 0 Å². The predicted octanol–water partition coefficient (Wildman–Crippen LogP) is 9.10. The number of fused-ring (bicyclic) bond motifs is 3. The topological polar surface area (TPSA) is 194 Å². The molecule has 5 fully saturated rings. The van der Waals surface area contributed by atoms with E-state index in [4.69, 9.17) is 23.9 Å². The molecule has 1 saturated carbocycles. The Morgan fingerprint density at radius 1 is 0.889 bits per heavy atom. The Bertz CT molecular complexity index is 3110. The summed E-state index contributed by atoms with van der Waals surface area (Å²) in [5.41, 5.74) is 4.03. The molecule has 1 aliphatic carbocycles. The fourth-order valence-electron chi connectivity index (χ4n) is 12.1. The number of carbonyl (C=O) groups excluding carboxylic acids is 1. The Morgan fingerprint density at radius 3 is 2.51 bits per heavy atom. The number of nitro benzene ring substituents is 1. The van der Waals surface area contributed by atoms with Crippen molar-refractivity contribution in [2.75, 3.05) is 67.7 Å². The van der Waals surface area contributed by atoms with Gasteiger partial charge in [-0.25, -0.2) is 13.1 Å². The molecule has 374 valence electrons. The maximum Gasteiger partial charge on any atom is 0.293 e. The minimum absolute atomic E-state index is 0.102. The van der Waals surface area contributed by atoms with Crippen LogP contribution in [0.5, 0.6) is 17.4 Å². The van der Waals surface area contributed by atoms with Crippen molar-refractivity contribution in [3.8, 4) is 17.4 Å². The largest absolute Gasteiger partial charge is 0.468 e. The summed E-state index contributed by atoms with van der Waals surface area (Å²) >= 11 is 0. The van der Waals surface area contributed by atoms with Crippen molar-refractivity contribution in [2.24, 2.45) is 11.3 Å². The molecule has 6 aliphatic rings. The summed E-state index contributed by atoms with van der Waals surface area (Å²) in [4.78, 5) is 41.0. The number of H-pyrrole nitrogens is 1. The standard InChI is InChI=1S/C54H58N8O9S/c63-52(58-72(66,67)40-13-15-43(46(29-40)62(64)65)56-32-35-17-25-68-26-18-35)42-14-12-37(28-45(42)61-47-27-36-16-21-55-51(36)57-53(47)71-50-34-69-33-48(50)61)59-23-19-54(20-24-59)30-38(31-54)60-22-6-10-44(60)41-9-4-5-11-49(41)70-39-7-2-1-3-8-39/h1-5,7-9,11-16,21,27-29,35,38,44,48,50,56H,6,10,17-20,22-26,30-34H2,(H,55,57)(H,58,63)/t44-,48+,50+/m0/s1. The summed E-state index contributed by atoms with van der Waals surface area (Å²) in [7, 11) is -4.60. The van der Waals surface area contributed by atoms with Gasteiger partial charge in [-0.15, -0.1) is 0 Å². The summed E-state index contributed by atoms with van der Waals surface area (Å²) in [6.45, 7) is 5.05. The Morgan fingerprint density at radius 2 is 1.69 bits per heavy atom. The highest BCUT2D eigenvalue weighted by atomic mass is 32.2. The predicted molar refractivity (Wildman–Crippen MR) is 272 cm³/mol. The highest BCUT2D eigenvalue weighted by molar-refractivity contribution is 7.90. The quantitative estimate of drug-likeness (QED) is 0.0733. The minimum Gasteiger partial charge on any atom is -0.468 e. The molecule has 0 unspecified atom stereocenters. The molecule has 1 amide bonds. The van der Waals surface area contributed by atoms with Crippen LogP contribution in [-0.2, 0) is 19.5 Å². The van der Waals surface area contributed by atoms with E-state index in [-0.39, 0.29) is 28.6 Å². The van der Waals surface area contributed by atoms with E-state index in [9.17, 15) is 23.3 Å². The van der Waals surface area contributed by atoms with Crippen molar-refractivity contribution in [3.05, 3.63) is 131 Å². The zero-order chi connectivity index (χ0) is 49.0. The van der Waals surface area contributed by atoms with Crippen molar-refractivity contribution < 1.29 is 37.1 Å². The second-order valence-corrected chi connectivity index (χ2v) is 21.9. The summed E-state index contributed by atoms with van der Waals surface area (Å²) in [5.74, 6) is 1.51. The summed E-state index contributed by atoms with van der Waals surface area (Å²) in [6.07, 6.45) is 9.63. The second kappa shape index (κ2) is 19.0. The number of amides is 1. The van der Waals surface area contributed by atoms with Crippen molar-refractivity contribution in [2.45, 2.75) is 80.5 Å². The Hall–Kier alpha value is -6.73. The van der Waals surface area contributed by atoms with Crippen LogP contribution in [0.2, 0.25) is 0 Å². The molecular formula is C54H58N8O9S. The molecule has 72 heavy (non-hydrogen) atoms. The Kier molecular flexibility index (Phi) is 12.3. The minimum atomic E-state index is -4.60. The molecule has 0 bridgehead atoms. The van der Waals surface area contributed by atoms with E-state index in [1.165, 1.54) is 17.7 Å². The van der Waals surface area contributed by atoms with Gasteiger partial charge >= 0.3 is 0 Å². The molecule has 0 radical (unpaired) electrons. The number of pyridine rings is 1. The molecular weight excluding hydrogens is 937 g/mol. The maximum atomic E-state index is 14.6. The zero-order valence-corrected chi connectivity index (χ0v) is 40.7. The first-order valence-corrected chi connectivity index (χ1v) is 26.7. The van der Waals surface area contributed by atoms with Gasteiger partial charge in [-0.1, -0.05) is 36.4 Å². The first-order valence-electron chi connectivity index (χ1n) is 25.2. The van der Waals surface area contributed by atoms with E-state index in [1.54, 1.807) is 12.3 Å². The van der Waals surface area contributed by atoms with Gasteiger partial charge < -0.3 is 39.0 Å². The number of piperidine rings is 1. The van der Waals surface area contributed by atoms with Crippen LogP contribution in [0.15, 0.2) is 114 Å². The van der Waals surface area contributed by atoms with E-state index in [0.29, 0.717) is 68.0 Å². The first-order chi connectivity index (χ1) is 35.1. The molecule has 7 heterocycles. The lowest BCUT2D eigenvalue weighted by Crippen LogP contribution is -2.54. The number of likely N-dealkylation sites (tertiary alicyclic amines) is 1. The van der Waals surface area contributed by atoms with E-state index in [2.05, 4.69) is 43.0 Å². The number of aromatic amines is 1. The van der Waals surface area contributed by atoms with Gasteiger partial charge in [0.2, 0.25) is 5.88 Å². The van der Waals surface area contributed by atoms with Crippen LogP contribution in [0.4, 0.5) is 28.4 Å². The molecule has 2 aromatic heterocycles. The third kappa shape index (κ3) is 8.87. The summed E-state index contributed by atoms with van der Waals surface area (Å²) in [6, 6.07) is 32.0. The monoisotopic (exact) mass is 994 g/mol. The van der Waals surface area contributed by atoms with E-state index in [0.717, 1.165) is 99.6 Å². The van der Waals surface area contributed by atoms with Gasteiger partial charge in [0.25, 0.3) is 21.6 Å². The summed E-state index contributed by atoms with van der Waals surface area (Å²) < 4.78 is 54.8. The van der Waals surface area contributed by atoms with E-state index >= 15 is 0 Å². The number of sulfonamides is 1. The number of anilines is 4. The number of nitrogens with zero attached hydrogens (tertiary/aromatic N) is 5. The van der Waals surface area contributed by atoms with Gasteiger partial charge in [0.1, 0.15) is 34.6 Å². The highest BCUT2D eigenvalue weighted by Crippen LogP contribution is 2.55. The number of ether oxygens (including phenoxy) is 4. The van der Waals surface area contributed by atoms with E-state index in [1.807, 2.05) is 65.6 Å². The smallest absolute Gasteiger partial charge is 0.293 e. The lowest BCUT2D eigenvalue weighted by molar-refractivity contribution is -0.384. The van der Waals surface area contributed by atoms with Gasteiger partial charge in [-0.3, -0.25) is 19.8 Å². The number of rotatable bonds is 13. The number of aromatic nitrogens is 2. The lowest BCUT2D eigenvalue weighted by Gasteiger charge is -2.56. The highest BCUT2D eigenvalue weighted by Gasteiger charge is 2.50. The normalized spacial score (nSPS) is 22.2. The average Bonchev–Trinajstić information content (AvgIpc) is 4.19. The van der Waals surface area contributed by atoms with Gasteiger partial charge in [-0.05, 0) is 130 Å². The first kappa shape index (κ1) is 46.3. The van der Waals surface area contributed by atoms with Crippen LogP contribution in [0.3, 0.4) is 0 Å². The van der Waals surface area contributed by atoms with Crippen molar-refractivity contribution in [1.82, 2.24) is 19.6 Å². The molecule has 1 spiro atoms. The molecule has 12 rings (SSSR count). The lowest BCUT2D eigenvalue weighted by atomic mass is 9.60. The SMILES string of the molecule is O=C(NS(=O)(=O)c1ccc(NCC2CCOCC2)c([N+](=O)[O-])c1)c1ccc(N2CCC3(CC2)CC(N2CCC[C@H]2c2ccccc2Oc2ccccc2)C3)cc1N1c2cc3cc[nH]c3nc2O[C@@H]2COC[C@H]21. The molecule has 5 aliphatic heterocycles. The van der Waals surface area contributed by atoms with Gasteiger partial charge in [0, 0.05) is 73.8 Å². The molecule has 4 saturated heterocycles. The van der Waals surface area contributed by atoms with Crippen molar-refractivity contribution >= 4 is 55.4 Å². The summed E-state index contributed by atoms with van der Waals surface area (Å²) in [5, 5.41) is 16.3. The molecule has 18 heteroatoms. The fraction of sp³-hybridized carbons (Fsp3) is 0.407. The fourth-order valence-corrected chi connectivity index (χ4v) is 13.1. The molecule has 3 atom stereocenters. The van der Waals surface area contributed by atoms with Crippen molar-refractivity contribution in [1.29, 1.82) is 0 Å². The van der Waals surface area contributed by atoms with Gasteiger partial charge in [-0.2, -0.15) is 4.98 Å². The number of nitro groups is 1. The second-order valence-electron chi connectivity index (χ2n) is 20.3. The zero-order valence-electron chi connectivity index (χ0n) is 39.9. The Labute approximate surface area is 418 Å². The van der Waals surface area contributed by atoms with Crippen LogP contribution in [0.25, 0.3) is 11.0 Å². The van der Waals surface area contributed by atoms with Crippen LogP contribution >= 0.6 is 0 Å². The molecule has 17 nitrogen and oxygen atoms in total. The third-order valence-electron chi connectivity index (χ3n) is 16.0. The van der Waals surface area contributed by atoms with Crippen LogP contribution in [0.1, 0.15) is 73.3 Å². The third-order valence-corrected chi connectivity index (χ3v) is 17.3. The molecule has 4 aromatic carbocycles. The van der Waals surface area contributed by atoms with Crippen LogP contribution in [-0.4, -0.2) is 105 Å². The van der Waals surface area contributed by atoms with Crippen LogP contribution in [0, 0.1) is 21.4 Å². The molecule has 6 aromatic rings. The maximum absolute atomic E-state index is 14.6. The van der Waals surface area contributed by atoms with E-state index < -0.39 is 37.5 Å². The van der Waals surface area contributed by atoms with Crippen LogP contribution < -0.4 is 29.3 Å². The van der Waals surface area contributed by atoms with Crippen molar-refractivity contribution in [3.63, 3.8) is 0 Å². The number of hydrogen-bond acceptors (Lipinski definition) is 14. The number of hydrogen-bond donors (Lipinski definition) is 3. The molecule has 3 N–H and O–H groups in total.